The van der Waals surface area contributed by atoms with Crippen molar-refractivity contribution < 1.29 is 0 Å². The summed E-state index contributed by atoms with van der Waals surface area (Å²) in [5, 5.41) is 0. The summed E-state index contributed by atoms with van der Waals surface area (Å²) in [5.41, 5.74) is 2.32. The largest absolute Gasteiger partial charge is 0.0622 e. The summed E-state index contributed by atoms with van der Waals surface area (Å²) >= 11 is 0. The van der Waals surface area contributed by atoms with Crippen molar-refractivity contribution in [2.45, 2.75) is 59.8 Å². The maximum atomic E-state index is 2.56. The minimum Gasteiger partial charge on any atom is -0.0622 e. The van der Waals surface area contributed by atoms with Crippen molar-refractivity contribution in [1.29, 1.82) is 0 Å². The first-order valence-corrected chi connectivity index (χ1v) is 6.49. The second kappa shape index (κ2) is 2.23. The molecule has 14 heavy (non-hydrogen) atoms. The molecule has 0 aliphatic heterocycles. The molecule has 3 aliphatic carbocycles. The summed E-state index contributed by atoms with van der Waals surface area (Å²) < 4.78 is 0. The van der Waals surface area contributed by atoms with Crippen LogP contribution in [-0.2, 0) is 0 Å². The Balaban J connectivity index is 2.04. The Hall–Kier alpha value is 0. The van der Waals surface area contributed by atoms with Gasteiger partial charge in [-0.05, 0) is 60.2 Å². The van der Waals surface area contributed by atoms with Gasteiger partial charge in [0, 0.05) is 0 Å². The first-order valence-electron chi connectivity index (χ1n) is 6.49. The first kappa shape index (κ1) is 9.24. The van der Waals surface area contributed by atoms with E-state index in [-0.39, 0.29) is 0 Å². The van der Waals surface area contributed by atoms with Crippen LogP contribution in [0.25, 0.3) is 0 Å². The molecule has 0 radical (unpaired) electrons. The van der Waals surface area contributed by atoms with Crippen LogP contribution in [0.4, 0.5) is 0 Å². The highest BCUT2D eigenvalue weighted by Gasteiger charge is 2.79. The van der Waals surface area contributed by atoms with Gasteiger partial charge < -0.3 is 0 Å². The van der Waals surface area contributed by atoms with Crippen LogP contribution in [0.5, 0.6) is 0 Å². The minimum absolute atomic E-state index is 0.750. The second-order valence-electron chi connectivity index (χ2n) is 6.95. The number of hydrogen-bond acceptors (Lipinski definition) is 0. The summed E-state index contributed by atoms with van der Waals surface area (Å²) in [7, 11) is 0. The van der Waals surface area contributed by atoms with E-state index in [2.05, 4.69) is 27.7 Å². The number of hydrogen-bond donors (Lipinski definition) is 0. The summed E-state index contributed by atoms with van der Waals surface area (Å²) in [6.07, 6.45) is 7.66. The summed E-state index contributed by atoms with van der Waals surface area (Å²) in [6, 6.07) is 0. The van der Waals surface area contributed by atoms with Gasteiger partial charge >= 0.3 is 0 Å². The van der Waals surface area contributed by atoms with E-state index in [4.69, 9.17) is 0 Å². The molecule has 0 aromatic rings. The third-order valence-electron chi connectivity index (χ3n) is 6.75. The molecule has 0 N–H and O–H groups in total. The standard InChI is InChI=1S/C14H24/c1-10(2)14-9-12(4)7-8-13(12,14)6-5-11(14)3/h10-11H,5-9H2,1-4H3. The lowest BCUT2D eigenvalue weighted by atomic mass is 9.26. The predicted octanol–water partition coefficient (Wildman–Crippen LogP) is 4.25. The van der Waals surface area contributed by atoms with Gasteiger partial charge in [-0.15, -0.1) is 0 Å². The van der Waals surface area contributed by atoms with Gasteiger partial charge in [0.1, 0.15) is 0 Å². The molecule has 3 rings (SSSR count). The van der Waals surface area contributed by atoms with Gasteiger partial charge in [0.15, 0.2) is 0 Å². The van der Waals surface area contributed by atoms with E-state index >= 15 is 0 Å². The smallest absolute Gasteiger partial charge is 0.0181 e. The molecule has 1 spiro atoms. The fraction of sp³-hybridized carbons (Fsp3) is 1.00. The van der Waals surface area contributed by atoms with Crippen LogP contribution in [0.2, 0.25) is 0 Å². The molecule has 0 nitrogen and oxygen atoms in total. The van der Waals surface area contributed by atoms with Crippen molar-refractivity contribution in [3.63, 3.8) is 0 Å². The van der Waals surface area contributed by atoms with Crippen LogP contribution < -0.4 is 0 Å². The van der Waals surface area contributed by atoms with Crippen molar-refractivity contribution >= 4 is 0 Å². The van der Waals surface area contributed by atoms with Gasteiger partial charge in [0.2, 0.25) is 0 Å². The topological polar surface area (TPSA) is 0 Å². The molecule has 0 aromatic heterocycles. The quantitative estimate of drug-likeness (QED) is 0.582. The SMILES string of the molecule is CC(C)C12CC3(C)CCC31CCC2C. The molecule has 0 heteroatoms. The molecular weight excluding hydrogens is 168 g/mol. The maximum absolute atomic E-state index is 2.56. The third-order valence-corrected chi connectivity index (χ3v) is 6.75. The van der Waals surface area contributed by atoms with E-state index in [1.165, 1.54) is 12.8 Å². The lowest BCUT2D eigenvalue weighted by molar-refractivity contribution is -0.295. The number of rotatable bonds is 1. The molecule has 4 atom stereocenters. The monoisotopic (exact) mass is 192 g/mol. The molecule has 0 saturated heterocycles. The fourth-order valence-electron chi connectivity index (χ4n) is 5.97. The zero-order valence-electron chi connectivity index (χ0n) is 10.2. The molecule has 4 unspecified atom stereocenters. The molecule has 3 fully saturated rings. The van der Waals surface area contributed by atoms with Crippen molar-refractivity contribution in [2.24, 2.45) is 28.1 Å². The van der Waals surface area contributed by atoms with Gasteiger partial charge in [0.05, 0.1) is 0 Å². The highest BCUT2D eigenvalue weighted by molar-refractivity contribution is 5.28. The van der Waals surface area contributed by atoms with Crippen molar-refractivity contribution in [1.82, 2.24) is 0 Å². The zero-order chi connectivity index (χ0) is 10.2. The van der Waals surface area contributed by atoms with Crippen LogP contribution in [0.1, 0.15) is 59.8 Å². The Morgan fingerprint density at radius 3 is 2.21 bits per heavy atom. The van der Waals surface area contributed by atoms with Gasteiger partial charge in [-0.2, -0.15) is 0 Å². The highest BCUT2D eigenvalue weighted by atomic mass is 14.8. The second-order valence-corrected chi connectivity index (χ2v) is 6.95. The van der Waals surface area contributed by atoms with E-state index < -0.39 is 0 Å². The van der Waals surface area contributed by atoms with Crippen molar-refractivity contribution in [2.75, 3.05) is 0 Å². The first-order chi connectivity index (χ1) is 6.49. The zero-order valence-corrected chi connectivity index (χ0v) is 10.2. The van der Waals surface area contributed by atoms with Gasteiger partial charge in [0.25, 0.3) is 0 Å². The normalized spacial score (nSPS) is 60.2. The average molecular weight is 192 g/mol. The average Bonchev–Trinajstić information content (AvgIpc) is 2.40. The molecule has 3 saturated carbocycles. The Morgan fingerprint density at radius 2 is 1.86 bits per heavy atom. The van der Waals surface area contributed by atoms with Crippen LogP contribution >= 0.6 is 0 Å². The molecule has 0 amide bonds. The van der Waals surface area contributed by atoms with Gasteiger partial charge in [-0.1, -0.05) is 27.7 Å². The van der Waals surface area contributed by atoms with Crippen molar-refractivity contribution in [3.8, 4) is 0 Å². The van der Waals surface area contributed by atoms with Crippen LogP contribution in [0.15, 0.2) is 0 Å². The molecule has 80 valence electrons. The van der Waals surface area contributed by atoms with E-state index in [0.29, 0.717) is 0 Å². The lowest BCUT2D eigenvalue weighted by Crippen LogP contribution is -2.71. The van der Waals surface area contributed by atoms with Crippen molar-refractivity contribution in [3.05, 3.63) is 0 Å². The third kappa shape index (κ3) is 0.605. The van der Waals surface area contributed by atoms with Crippen LogP contribution in [0, 0.1) is 28.1 Å². The molecule has 0 aromatic carbocycles. The molecular formula is C14H24. The lowest BCUT2D eigenvalue weighted by Gasteiger charge is -2.78. The Kier molecular flexibility index (Phi) is 1.47. The maximum Gasteiger partial charge on any atom is -0.0181 e. The van der Waals surface area contributed by atoms with Gasteiger partial charge in [-0.3, -0.25) is 0 Å². The van der Waals surface area contributed by atoms with E-state index in [1.54, 1.807) is 19.3 Å². The molecule has 3 aliphatic rings. The fourth-order valence-corrected chi connectivity index (χ4v) is 5.97. The Bertz CT molecular complexity index is 280. The highest BCUT2D eigenvalue weighted by Crippen LogP contribution is 2.87. The summed E-state index contributed by atoms with van der Waals surface area (Å²) in [6.45, 7) is 10.0. The molecule has 0 bridgehead atoms. The Labute approximate surface area is 88.5 Å². The molecule has 0 heterocycles. The van der Waals surface area contributed by atoms with Crippen LogP contribution in [0.3, 0.4) is 0 Å². The van der Waals surface area contributed by atoms with E-state index in [0.717, 1.165) is 28.1 Å². The predicted molar refractivity (Wildman–Crippen MR) is 60.1 cm³/mol. The Morgan fingerprint density at radius 1 is 1.14 bits per heavy atom. The summed E-state index contributed by atoms with van der Waals surface area (Å²) in [4.78, 5) is 0. The van der Waals surface area contributed by atoms with E-state index in [9.17, 15) is 0 Å². The van der Waals surface area contributed by atoms with E-state index in [1.807, 2.05) is 0 Å². The summed E-state index contributed by atoms with van der Waals surface area (Å²) in [5.74, 6) is 1.91. The van der Waals surface area contributed by atoms with Crippen LogP contribution in [-0.4, -0.2) is 0 Å². The minimum atomic E-state index is 0.750. The van der Waals surface area contributed by atoms with Gasteiger partial charge in [-0.25, -0.2) is 0 Å².